The Hall–Kier alpha value is -3.09. The fourth-order valence-corrected chi connectivity index (χ4v) is 4.01. The Balaban J connectivity index is 1.64. The third-order valence-corrected chi connectivity index (χ3v) is 5.53. The van der Waals surface area contributed by atoms with Crippen molar-refractivity contribution in [2.75, 3.05) is 20.3 Å². The number of nitrogens with zero attached hydrogens (tertiary/aromatic N) is 3. The van der Waals surface area contributed by atoms with Crippen LogP contribution in [0.2, 0.25) is 5.35 Å². The van der Waals surface area contributed by atoms with Gasteiger partial charge in [-0.05, 0) is 67.4 Å². The lowest BCUT2D eigenvalue weighted by Gasteiger charge is -2.23. The Labute approximate surface area is 186 Å². The second kappa shape index (κ2) is 8.96. The Morgan fingerprint density at radius 2 is 1.94 bits per heavy atom. The molecule has 2 aromatic heterocycles. The van der Waals surface area contributed by atoms with Crippen LogP contribution in [-0.4, -0.2) is 40.6 Å². The van der Waals surface area contributed by atoms with Crippen LogP contribution in [0.15, 0.2) is 59.0 Å². The summed E-state index contributed by atoms with van der Waals surface area (Å²) in [5.41, 5.74) is 6.07. The molecule has 31 heavy (non-hydrogen) atoms. The van der Waals surface area contributed by atoms with Crippen molar-refractivity contribution >= 4 is 28.6 Å². The van der Waals surface area contributed by atoms with Crippen molar-refractivity contribution in [3.05, 3.63) is 82.5 Å². The van der Waals surface area contributed by atoms with Gasteiger partial charge in [-0.25, -0.2) is 0 Å². The van der Waals surface area contributed by atoms with E-state index in [0.717, 1.165) is 22.6 Å². The maximum Gasteiger partial charge on any atom is 0.293 e. The van der Waals surface area contributed by atoms with Crippen molar-refractivity contribution in [3.8, 4) is 5.69 Å². The van der Waals surface area contributed by atoms with Crippen molar-refractivity contribution in [2.24, 2.45) is 0 Å². The van der Waals surface area contributed by atoms with Crippen LogP contribution in [0.1, 0.15) is 27.3 Å². The highest BCUT2D eigenvalue weighted by molar-refractivity contribution is 6.28. The average Bonchev–Trinajstić information content (AvgIpc) is 3.28. The summed E-state index contributed by atoms with van der Waals surface area (Å²) in [4.78, 5) is 19.3. The van der Waals surface area contributed by atoms with Crippen molar-refractivity contribution in [1.82, 2.24) is 14.5 Å². The van der Waals surface area contributed by atoms with Crippen LogP contribution < -0.4 is 0 Å². The summed E-state index contributed by atoms with van der Waals surface area (Å²) < 4.78 is 12.8. The maximum absolute atomic E-state index is 13.4. The standard InChI is InChI=1S/C24H24ClN3O3/c1-16-13-19(17(2)28(16)20-7-5-4-6-8-20)15-27(11-12-30-3)23(29)18-9-10-22-21(14-18)26-24(25)31-22/h4-10,13-14H,11-12,15H2,1-3H3. The first-order chi connectivity index (χ1) is 15.0. The zero-order valence-corrected chi connectivity index (χ0v) is 18.5. The van der Waals surface area contributed by atoms with E-state index in [1.807, 2.05) is 18.2 Å². The van der Waals surface area contributed by atoms with E-state index >= 15 is 0 Å². The number of ether oxygens (including phenoxy) is 1. The molecule has 0 spiro atoms. The number of aromatic nitrogens is 2. The van der Waals surface area contributed by atoms with Crippen LogP contribution in [-0.2, 0) is 11.3 Å². The molecule has 0 radical (unpaired) electrons. The molecule has 4 rings (SSSR count). The van der Waals surface area contributed by atoms with Gasteiger partial charge in [-0.2, -0.15) is 4.98 Å². The number of benzene rings is 2. The molecule has 4 aromatic rings. The van der Waals surface area contributed by atoms with Crippen LogP contribution >= 0.6 is 11.6 Å². The van der Waals surface area contributed by atoms with Gasteiger partial charge in [0, 0.05) is 42.8 Å². The third kappa shape index (κ3) is 4.36. The highest BCUT2D eigenvalue weighted by Crippen LogP contribution is 2.24. The van der Waals surface area contributed by atoms with E-state index in [-0.39, 0.29) is 11.3 Å². The minimum absolute atomic E-state index is 0.0594. The largest absolute Gasteiger partial charge is 0.428 e. The molecule has 2 aromatic carbocycles. The second-order valence-corrected chi connectivity index (χ2v) is 7.76. The number of methoxy groups -OCH3 is 1. The molecule has 6 nitrogen and oxygen atoms in total. The first-order valence-corrected chi connectivity index (χ1v) is 10.4. The topological polar surface area (TPSA) is 60.5 Å². The summed E-state index contributed by atoms with van der Waals surface area (Å²) in [6, 6.07) is 17.5. The first kappa shape index (κ1) is 21.2. The van der Waals surface area contributed by atoms with Gasteiger partial charge in [-0.1, -0.05) is 18.2 Å². The molecule has 0 aliphatic carbocycles. The number of halogens is 1. The SMILES string of the molecule is COCCN(Cc1cc(C)n(-c2ccccc2)c1C)C(=O)c1ccc2oc(Cl)nc2c1. The average molecular weight is 438 g/mol. The number of aryl methyl sites for hydroxylation is 1. The van der Waals surface area contributed by atoms with Gasteiger partial charge in [0.1, 0.15) is 5.52 Å². The van der Waals surface area contributed by atoms with Gasteiger partial charge in [0.15, 0.2) is 5.58 Å². The van der Waals surface area contributed by atoms with Crippen LogP contribution in [0, 0.1) is 13.8 Å². The van der Waals surface area contributed by atoms with Gasteiger partial charge in [0.2, 0.25) is 0 Å². The predicted molar refractivity (Wildman–Crippen MR) is 121 cm³/mol. The van der Waals surface area contributed by atoms with E-state index in [2.05, 4.69) is 41.6 Å². The Kier molecular flexibility index (Phi) is 6.11. The molecule has 0 unspecified atom stereocenters. The van der Waals surface area contributed by atoms with Crippen molar-refractivity contribution in [1.29, 1.82) is 0 Å². The van der Waals surface area contributed by atoms with Gasteiger partial charge in [0.05, 0.1) is 6.61 Å². The fourth-order valence-electron chi connectivity index (χ4n) is 3.84. The summed E-state index contributed by atoms with van der Waals surface area (Å²) in [6.07, 6.45) is 0. The number of amides is 1. The van der Waals surface area contributed by atoms with Crippen LogP contribution in [0.3, 0.4) is 0 Å². The number of para-hydroxylation sites is 1. The summed E-state index contributed by atoms with van der Waals surface area (Å²) in [6.45, 7) is 5.56. The second-order valence-electron chi connectivity index (χ2n) is 7.44. The van der Waals surface area contributed by atoms with Gasteiger partial charge in [0.25, 0.3) is 11.3 Å². The molecule has 0 N–H and O–H groups in total. The number of rotatable bonds is 7. The van der Waals surface area contributed by atoms with E-state index in [1.165, 1.54) is 0 Å². The van der Waals surface area contributed by atoms with Gasteiger partial charge in [-0.15, -0.1) is 0 Å². The molecule has 0 saturated carbocycles. The monoisotopic (exact) mass is 437 g/mol. The molecular formula is C24H24ClN3O3. The molecule has 2 heterocycles. The third-order valence-electron chi connectivity index (χ3n) is 5.37. The highest BCUT2D eigenvalue weighted by atomic mass is 35.5. The van der Waals surface area contributed by atoms with E-state index in [9.17, 15) is 4.79 Å². The summed E-state index contributed by atoms with van der Waals surface area (Å²) in [7, 11) is 1.63. The van der Waals surface area contributed by atoms with Crippen LogP contribution in [0.4, 0.5) is 0 Å². The fraction of sp³-hybridized carbons (Fsp3) is 0.250. The smallest absolute Gasteiger partial charge is 0.293 e. The normalized spacial score (nSPS) is 11.2. The lowest BCUT2D eigenvalue weighted by molar-refractivity contribution is 0.0680. The van der Waals surface area contributed by atoms with Gasteiger partial charge >= 0.3 is 0 Å². The van der Waals surface area contributed by atoms with E-state index in [4.69, 9.17) is 20.8 Å². The van der Waals surface area contributed by atoms with Gasteiger partial charge in [-0.3, -0.25) is 4.79 Å². The van der Waals surface area contributed by atoms with Crippen molar-refractivity contribution in [2.45, 2.75) is 20.4 Å². The summed E-state index contributed by atoms with van der Waals surface area (Å²) >= 11 is 5.85. The first-order valence-electron chi connectivity index (χ1n) is 10.1. The van der Waals surface area contributed by atoms with Crippen LogP contribution in [0.25, 0.3) is 16.8 Å². The number of carbonyl (C=O) groups is 1. The van der Waals surface area contributed by atoms with Gasteiger partial charge < -0.3 is 18.6 Å². The lowest BCUT2D eigenvalue weighted by atomic mass is 10.1. The molecule has 1 amide bonds. The molecule has 0 aliphatic rings. The van der Waals surface area contributed by atoms with E-state index < -0.39 is 0 Å². The van der Waals surface area contributed by atoms with E-state index in [0.29, 0.717) is 36.4 Å². The number of oxazole rings is 1. The number of hydrogen-bond acceptors (Lipinski definition) is 4. The van der Waals surface area contributed by atoms with E-state index in [1.54, 1.807) is 30.2 Å². The molecule has 160 valence electrons. The lowest BCUT2D eigenvalue weighted by Crippen LogP contribution is -2.33. The number of hydrogen-bond donors (Lipinski definition) is 0. The Morgan fingerprint density at radius 1 is 1.16 bits per heavy atom. The molecule has 0 bridgehead atoms. The molecule has 0 saturated heterocycles. The molecular weight excluding hydrogens is 414 g/mol. The minimum atomic E-state index is -0.0948. The quantitative estimate of drug-likeness (QED) is 0.400. The molecule has 0 fully saturated rings. The zero-order valence-electron chi connectivity index (χ0n) is 17.8. The Bertz CT molecular complexity index is 1210. The summed E-state index contributed by atoms with van der Waals surface area (Å²) in [5, 5.41) is 0.0594. The van der Waals surface area contributed by atoms with Crippen molar-refractivity contribution < 1.29 is 13.9 Å². The zero-order chi connectivity index (χ0) is 22.0. The minimum Gasteiger partial charge on any atom is -0.428 e. The molecule has 0 atom stereocenters. The predicted octanol–water partition coefficient (Wildman–Crippen LogP) is 5.18. The number of carbonyl (C=O) groups excluding carboxylic acids is 1. The Morgan fingerprint density at radius 3 is 2.68 bits per heavy atom. The molecule has 0 aliphatic heterocycles. The summed E-state index contributed by atoms with van der Waals surface area (Å²) in [5.74, 6) is -0.0948. The van der Waals surface area contributed by atoms with Crippen LogP contribution in [0.5, 0.6) is 0 Å². The van der Waals surface area contributed by atoms with Crippen molar-refractivity contribution in [3.63, 3.8) is 0 Å². The maximum atomic E-state index is 13.4. The highest BCUT2D eigenvalue weighted by Gasteiger charge is 2.20. The molecule has 7 heteroatoms. The number of fused-ring (bicyclic) bond motifs is 1.